The maximum atomic E-state index is 5.33. The van der Waals surface area contributed by atoms with E-state index in [4.69, 9.17) is 15.0 Å². The first-order valence-corrected chi connectivity index (χ1v) is 21.0. The van der Waals surface area contributed by atoms with Crippen LogP contribution in [0.15, 0.2) is 212 Å². The fraction of sp³-hybridized carbons (Fsp3) is 0. The van der Waals surface area contributed by atoms with Gasteiger partial charge in [-0.15, -0.1) is 0 Å². The lowest BCUT2D eigenvalue weighted by Crippen LogP contribution is -2.07. The van der Waals surface area contributed by atoms with Crippen molar-refractivity contribution < 1.29 is 0 Å². The minimum absolute atomic E-state index is 0.563. The maximum Gasteiger partial charge on any atom is 0.238 e. The van der Waals surface area contributed by atoms with Crippen molar-refractivity contribution in [1.29, 1.82) is 0 Å². The van der Waals surface area contributed by atoms with Crippen LogP contribution in [0.1, 0.15) is 0 Å². The number of nitrogens with zero attached hydrogens (tertiary/aromatic N) is 5. The molecule has 0 atom stereocenters. The van der Waals surface area contributed by atoms with E-state index in [1.54, 1.807) is 0 Å². The van der Waals surface area contributed by atoms with E-state index < -0.39 is 0 Å². The minimum Gasteiger partial charge on any atom is -0.307 e. The van der Waals surface area contributed by atoms with Gasteiger partial charge in [-0.05, 0) is 73.8 Å². The smallest absolute Gasteiger partial charge is 0.238 e. The van der Waals surface area contributed by atoms with Gasteiger partial charge in [0.15, 0.2) is 11.6 Å². The Morgan fingerprint density at radius 3 is 1.34 bits per heavy atom. The molecule has 0 bridgehead atoms. The molecule has 0 saturated heterocycles. The molecule has 3 heterocycles. The van der Waals surface area contributed by atoms with Crippen molar-refractivity contribution in [3.05, 3.63) is 212 Å². The summed E-state index contributed by atoms with van der Waals surface area (Å²) in [5, 5.41) is 12.1. The summed E-state index contributed by atoms with van der Waals surface area (Å²) in [6.07, 6.45) is 0. The second kappa shape index (κ2) is 13.6. The molecule has 0 N–H and O–H groups in total. The Bertz CT molecular complexity index is 3850. The summed E-state index contributed by atoms with van der Waals surface area (Å²) in [4.78, 5) is 15.8. The summed E-state index contributed by atoms with van der Waals surface area (Å²) in [6.45, 7) is 0. The number of benzene rings is 10. The van der Waals surface area contributed by atoms with Gasteiger partial charge in [0.25, 0.3) is 0 Å². The van der Waals surface area contributed by atoms with Gasteiger partial charge in [0.05, 0.1) is 22.1 Å². The second-order valence-electron chi connectivity index (χ2n) is 16.0. The highest BCUT2D eigenvalue weighted by Gasteiger charge is 2.24. The van der Waals surface area contributed by atoms with E-state index >= 15 is 0 Å². The van der Waals surface area contributed by atoms with E-state index in [9.17, 15) is 0 Å². The monoisotopic (exact) mass is 789 g/mol. The average molecular weight is 790 g/mol. The molecule has 62 heavy (non-hydrogen) atoms. The third-order valence-electron chi connectivity index (χ3n) is 12.5. The lowest BCUT2D eigenvalue weighted by molar-refractivity contribution is 0.953. The topological polar surface area (TPSA) is 48.5 Å². The predicted molar refractivity (Wildman–Crippen MR) is 257 cm³/mol. The number of aromatic nitrogens is 5. The molecule has 13 aromatic rings. The molecule has 10 aromatic carbocycles. The van der Waals surface area contributed by atoms with E-state index in [1.807, 2.05) is 36.4 Å². The van der Waals surface area contributed by atoms with Crippen molar-refractivity contribution in [2.45, 2.75) is 0 Å². The van der Waals surface area contributed by atoms with Gasteiger partial charge in [-0.1, -0.05) is 182 Å². The van der Waals surface area contributed by atoms with Crippen molar-refractivity contribution in [3.8, 4) is 45.5 Å². The molecule has 0 fully saturated rings. The Balaban J connectivity index is 1.23. The van der Waals surface area contributed by atoms with Crippen LogP contribution in [-0.2, 0) is 0 Å². The Morgan fingerprint density at radius 1 is 0.258 bits per heavy atom. The first-order valence-electron chi connectivity index (χ1n) is 21.0. The van der Waals surface area contributed by atoms with E-state index in [-0.39, 0.29) is 0 Å². The van der Waals surface area contributed by atoms with Gasteiger partial charge in [0, 0.05) is 38.4 Å². The lowest BCUT2D eigenvalue weighted by atomic mass is 9.93. The summed E-state index contributed by atoms with van der Waals surface area (Å²) in [7, 11) is 0. The van der Waals surface area contributed by atoms with Crippen LogP contribution in [0, 0.1) is 0 Å². The van der Waals surface area contributed by atoms with Gasteiger partial charge in [-0.2, -0.15) is 9.97 Å². The molecule has 0 aliphatic heterocycles. The standard InChI is InChI=1S/C57H35N5/c1-4-17-36(18-5-1)39-23-16-24-40(33-39)61-52-35-49-44-28-13-11-26-42(44)41-25-10-12-27-43(41)48(49)34-50(52)47-32-31-46-45-29-14-15-30-51(45)62(54(46)53(47)61)57-59-55(37-19-6-2-7-20-37)58-56(60-57)38-21-8-3-9-22-38/h1-35H. The molecule has 0 aliphatic carbocycles. The third kappa shape index (κ3) is 5.18. The SMILES string of the molecule is c1ccc(-c2cccc(-n3c4cc5c6ccccc6c6ccccc6c5cc4c4ccc5c6ccccc6n(-c6nc(-c7ccccc7)nc(-c7ccccc7)n6)c5c43)c2)cc1. The third-order valence-corrected chi connectivity index (χ3v) is 12.5. The molecule has 0 amide bonds. The predicted octanol–water partition coefficient (Wildman–Crippen LogP) is 14.5. The van der Waals surface area contributed by atoms with Crippen LogP contribution >= 0.6 is 0 Å². The van der Waals surface area contributed by atoms with Gasteiger partial charge in [-0.3, -0.25) is 4.57 Å². The van der Waals surface area contributed by atoms with E-state index in [2.05, 4.69) is 185 Å². The van der Waals surface area contributed by atoms with Crippen LogP contribution in [0.2, 0.25) is 0 Å². The van der Waals surface area contributed by atoms with Crippen LogP contribution in [0.25, 0.3) is 121 Å². The van der Waals surface area contributed by atoms with E-state index in [0.717, 1.165) is 60.6 Å². The Kier molecular flexibility index (Phi) is 7.54. The van der Waals surface area contributed by atoms with Gasteiger partial charge >= 0.3 is 0 Å². The van der Waals surface area contributed by atoms with Gasteiger partial charge < -0.3 is 4.57 Å². The zero-order valence-corrected chi connectivity index (χ0v) is 33.4. The number of hydrogen-bond donors (Lipinski definition) is 0. The molecule has 3 aromatic heterocycles. The number of para-hydroxylation sites is 1. The van der Waals surface area contributed by atoms with Gasteiger partial charge in [-0.25, -0.2) is 4.98 Å². The first-order chi connectivity index (χ1) is 30.8. The minimum atomic E-state index is 0.563. The second-order valence-corrected chi connectivity index (χ2v) is 16.0. The fourth-order valence-corrected chi connectivity index (χ4v) is 9.77. The molecule has 0 aliphatic rings. The number of rotatable bonds is 5. The van der Waals surface area contributed by atoms with Gasteiger partial charge in [0.2, 0.25) is 5.95 Å². The average Bonchev–Trinajstić information content (AvgIpc) is 3.87. The number of fused-ring (bicyclic) bond motifs is 13. The van der Waals surface area contributed by atoms with Crippen LogP contribution < -0.4 is 0 Å². The highest BCUT2D eigenvalue weighted by Crippen LogP contribution is 2.45. The summed E-state index contributed by atoms with van der Waals surface area (Å²) in [5.74, 6) is 1.80. The van der Waals surface area contributed by atoms with Crippen molar-refractivity contribution in [2.75, 3.05) is 0 Å². The Hall–Kier alpha value is -8.41. The molecule has 0 radical (unpaired) electrons. The van der Waals surface area contributed by atoms with E-state index in [1.165, 1.54) is 43.3 Å². The molecule has 13 rings (SSSR count). The van der Waals surface area contributed by atoms with Crippen molar-refractivity contribution in [1.82, 2.24) is 24.1 Å². The quantitative estimate of drug-likeness (QED) is 0.163. The fourth-order valence-electron chi connectivity index (χ4n) is 9.77. The molecule has 288 valence electrons. The summed E-state index contributed by atoms with van der Waals surface area (Å²) in [5.41, 5.74) is 9.54. The number of hydrogen-bond acceptors (Lipinski definition) is 3. The van der Waals surface area contributed by atoms with Crippen LogP contribution in [-0.4, -0.2) is 24.1 Å². The molecule has 0 saturated carbocycles. The Morgan fingerprint density at radius 2 is 0.726 bits per heavy atom. The molecule has 5 nitrogen and oxygen atoms in total. The lowest BCUT2D eigenvalue weighted by Gasteiger charge is -2.14. The van der Waals surface area contributed by atoms with Crippen molar-refractivity contribution in [2.24, 2.45) is 0 Å². The van der Waals surface area contributed by atoms with E-state index in [0.29, 0.717) is 17.6 Å². The van der Waals surface area contributed by atoms with Gasteiger partial charge in [0.1, 0.15) is 0 Å². The van der Waals surface area contributed by atoms with Crippen LogP contribution in [0.5, 0.6) is 0 Å². The largest absolute Gasteiger partial charge is 0.307 e. The highest BCUT2D eigenvalue weighted by atomic mass is 15.2. The summed E-state index contributed by atoms with van der Waals surface area (Å²) in [6, 6.07) is 75.8. The molecular weight excluding hydrogens is 755 g/mol. The molecule has 0 unspecified atom stereocenters. The van der Waals surface area contributed by atoms with Crippen LogP contribution in [0.3, 0.4) is 0 Å². The van der Waals surface area contributed by atoms with Crippen LogP contribution in [0.4, 0.5) is 0 Å². The molecular formula is C57H35N5. The summed E-state index contributed by atoms with van der Waals surface area (Å²) < 4.78 is 4.75. The molecule has 0 spiro atoms. The zero-order chi connectivity index (χ0) is 40.7. The van der Waals surface area contributed by atoms with Crippen molar-refractivity contribution in [3.63, 3.8) is 0 Å². The molecule has 5 heteroatoms. The Labute approximate surface area is 356 Å². The summed E-state index contributed by atoms with van der Waals surface area (Å²) >= 11 is 0. The normalized spacial score (nSPS) is 11.9. The zero-order valence-electron chi connectivity index (χ0n) is 33.4. The first kappa shape index (κ1) is 34.5. The highest BCUT2D eigenvalue weighted by molar-refractivity contribution is 6.30. The van der Waals surface area contributed by atoms with Crippen molar-refractivity contribution >= 4 is 75.9 Å². The maximum absolute atomic E-state index is 5.33.